The normalized spacial score (nSPS) is 15.3. The maximum Gasteiger partial charge on any atom is 0.248 e. The smallest absolute Gasteiger partial charge is 0.248 e. The molecule has 1 N–H and O–H groups in total. The zero-order chi connectivity index (χ0) is 22.8. The molecule has 1 heterocycles. The van der Waals surface area contributed by atoms with Gasteiger partial charge in [0.05, 0.1) is 5.69 Å². The van der Waals surface area contributed by atoms with Crippen molar-refractivity contribution in [1.82, 2.24) is 15.2 Å². The summed E-state index contributed by atoms with van der Waals surface area (Å²) in [5.74, 6) is 0.546. The minimum Gasteiger partial charge on any atom is -0.487 e. The van der Waals surface area contributed by atoms with Crippen molar-refractivity contribution >= 4 is 17.9 Å². The van der Waals surface area contributed by atoms with Crippen molar-refractivity contribution in [3.05, 3.63) is 66.0 Å². The molecule has 0 bridgehead atoms. The Kier molecular flexibility index (Phi) is 8.42. The molecular formula is C26H33N3O3. The van der Waals surface area contributed by atoms with Crippen LogP contribution in [0.2, 0.25) is 0 Å². The number of hydrogen-bond donors (Lipinski definition) is 1. The molecule has 0 unspecified atom stereocenters. The van der Waals surface area contributed by atoms with Crippen LogP contribution < -0.4 is 10.1 Å². The van der Waals surface area contributed by atoms with Crippen molar-refractivity contribution in [3.63, 3.8) is 0 Å². The van der Waals surface area contributed by atoms with Gasteiger partial charge in [-0.1, -0.05) is 37.5 Å². The van der Waals surface area contributed by atoms with Crippen LogP contribution in [0.4, 0.5) is 0 Å². The summed E-state index contributed by atoms with van der Waals surface area (Å²) in [7, 11) is 0. The average molecular weight is 436 g/mol. The van der Waals surface area contributed by atoms with E-state index in [0.29, 0.717) is 32.5 Å². The molecule has 32 heavy (non-hydrogen) atoms. The largest absolute Gasteiger partial charge is 0.487 e. The van der Waals surface area contributed by atoms with E-state index in [-0.39, 0.29) is 11.8 Å². The second-order valence-electron chi connectivity index (χ2n) is 8.12. The molecule has 2 amide bonds. The molecule has 1 aromatic heterocycles. The van der Waals surface area contributed by atoms with E-state index in [4.69, 9.17) is 4.74 Å². The van der Waals surface area contributed by atoms with Crippen LogP contribution >= 0.6 is 0 Å². The van der Waals surface area contributed by atoms with Gasteiger partial charge in [-0.25, -0.2) is 0 Å². The minimum atomic E-state index is -0.783. The van der Waals surface area contributed by atoms with Gasteiger partial charge in [-0.2, -0.15) is 0 Å². The topological polar surface area (TPSA) is 71.5 Å². The van der Waals surface area contributed by atoms with Crippen molar-refractivity contribution in [1.29, 1.82) is 0 Å². The fraction of sp³-hybridized carbons (Fsp3) is 0.423. The van der Waals surface area contributed by atoms with Gasteiger partial charge in [0, 0.05) is 25.4 Å². The Morgan fingerprint density at radius 3 is 2.41 bits per heavy atom. The number of hydrogen-bond acceptors (Lipinski definition) is 4. The first-order valence-corrected chi connectivity index (χ1v) is 11.5. The van der Waals surface area contributed by atoms with Gasteiger partial charge < -0.3 is 15.0 Å². The van der Waals surface area contributed by atoms with Crippen LogP contribution in [0.3, 0.4) is 0 Å². The van der Waals surface area contributed by atoms with Crippen LogP contribution in [-0.4, -0.2) is 40.3 Å². The molecule has 1 aliphatic rings. The van der Waals surface area contributed by atoms with E-state index in [9.17, 15) is 9.59 Å². The van der Waals surface area contributed by atoms with E-state index >= 15 is 0 Å². The molecule has 6 nitrogen and oxygen atoms in total. The van der Waals surface area contributed by atoms with Gasteiger partial charge in [-0.15, -0.1) is 0 Å². The lowest BCUT2D eigenvalue weighted by atomic mass is 9.80. The van der Waals surface area contributed by atoms with Gasteiger partial charge in [0.1, 0.15) is 17.9 Å². The number of likely N-dealkylation sites (N-methyl/N-ethyl adjacent to an activating group) is 1. The number of pyridine rings is 1. The number of carbonyl (C=O) groups is 2. The number of aromatic nitrogens is 1. The molecule has 0 radical (unpaired) electrons. The number of rotatable bonds is 9. The van der Waals surface area contributed by atoms with Crippen molar-refractivity contribution in [3.8, 4) is 5.75 Å². The van der Waals surface area contributed by atoms with E-state index in [2.05, 4.69) is 10.3 Å². The predicted molar refractivity (Wildman–Crippen MR) is 126 cm³/mol. The molecular weight excluding hydrogens is 402 g/mol. The number of nitrogens with zero attached hydrogens (tertiary/aromatic N) is 2. The molecule has 170 valence electrons. The quantitative estimate of drug-likeness (QED) is 0.594. The molecule has 0 atom stereocenters. The maximum atomic E-state index is 13.2. The van der Waals surface area contributed by atoms with Gasteiger partial charge in [0.25, 0.3) is 0 Å². The molecule has 1 fully saturated rings. The zero-order valence-electron chi connectivity index (χ0n) is 19.0. The Morgan fingerprint density at radius 2 is 1.78 bits per heavy atom. The van der Waals surface area contributed by atoms with Gasteiger partial charge >= 0.3 is 0 Å². The van der Waals surface area contributed by atoms with Gasteiger partial charge in [0.2, 0.25) is 11.8 Å². The Hall–Kier alpha value is -3.15. The third kappa shape index (κ3) is 6.19. The summed E-state index contributed by atoms with van der Waals surface area (Å²) in [5, 5.41) is 3.05. The Balaban J connectivity index is 1.60. The first-order chi connectivity index (χ1) is 15.6. The fourth-order valence-corrected chi connectivity index (χ4v) is 4.13. The minimum absolute atomic E-state index is 0.0401. The summed E-state index contributed by atoms with van der Waals surface area (Å²) in [4.78, 5) is 31.9. The highest BCUT2D eigenvalue weighted by Gasteiger charge is 2.42. The second-order valence-corrected chi connectivity index (χ2v) is 8.12. The first-order valence-electron chi connectivity index (χ1n) is 11.5. The summed E-state index contributed by atoms with van der Waals surface area (Å²) in [6, 6.07) is 13.2. The van der Waals surface area contributed by atoms with E-state index < -0.39 is 5.54 Å². The number of ether oxygens (including phenoxy) is 1. The lowest BCUT2D eigenvalue weighted by molar-refractivity contribution is -0.142. The summed E-state index contributed by atoms with van der Waals surface area (Å²) in [6.45, 7) is 5.66. The van der Waals surface area contributed by atoms with E-state index in [1.54, 1.807) is 12.3 Å². The summed E-state index contributed by atoms with van der Waals surface area (Å²) >= 11 is 0. The third-order valence-electron chi connectivity index (χ3n) is 5.95. The molecule has 0 aliphatic heterocycles. The molecule has 0 spiro atoms. The van der Waals surface area contributed by atoms with Crippen molar-refractivity contribution in [2.24, 2.45) is 0 Å². The lowest BCUT2D eigenvalue weighted by Crippen LogP contribution is -2.60. The molecule has 0 saturated heterocycles. The average Bonchev–Trinajstić information content (AvgIpc) is 2.84. The van der Waals surface area contributed by atoms with Crippen molar-refractivity contribution in [2.45, 2.75) is 58.1 Å². The monoisotopic (exact) mass is 435 g/mol. The summed E-state index contributed by atoms with van der Waals surface area (Å²) < 4.78 is 5.75. The number of amides is 2. The third-order valence-corrected chi connectivity index (χ3v) is 5.95. The highest BCUT2D eigenvalue weighted by Crippen LogP contribution is 2.30. The Labute approximate surface area is 190 Å². The van der Waals surface area contributed by atoms with Gasteiger partial charge in [0.15, 0.2) is 0 Å². The van der Waals surface area contributed by atoms with Crippen LogP contribution in [0.1, 0.15) is 57.2 Å². The van der Waals surface area contributed by atoms with Crippen molar-refractivity contribution < 1.29 is 14.3 Å². The van der Waals surface area contributed by atoms with E-state index in [0.717, 1.165) is 36.3 Å². The van der Waals surface area contributed by atoms with Gasteiger partial charge in [-0.05, 0) is 62.6 Å². The second kappa shape index (κ2) is 11.5. The fourth-order valence-electron chi connectivity index (χ4n) is 4.13. The summed E-state index contributed by atoms with van der Waals surface area (Å²) in [6.07, 6.45) is 9.42. The van der Waals surface area contributed by atoms with E-state index in [1.807, 2.05) is 61.2 Å². The van der Waals surface area contributed by atoms with Crippen molar-refractivity contribution in [2.75, 3.05) is 13.1 Å². The van der Waals surface area contributed by atoms with Crippen LogP contribution in [-0.2, 0) is 16.2 Å². The Bertz CT molecular complexity index is 900. The molecule has 6 heteroatoms. The summed E-state index contributed by atoms with van der Waals surface area (Å²) in [5.41, 5.74) is 0.969. The van der Waals surface area contributed by atoms with Crippen LogP contribution in [0, 0.1) is 0 Å². The van der Waals surface area contributed by atoms with Crippen LogP contribution in [0.25, 0.3) is 6.08 Å². The maximum absolute atomic E-state index is 13.2. The Morgan fingerprint density at radius 1 is 1.06 bits per heavy atom. The number of nitrogens with one attached hydrogen (secondary N) is 1. The number of carbonyl (C=O) groups excluding carboxylic acids is 2. The molecule has 1 aliphatic carbocycles. The van der Waals surface area contributed by atoms with Crippen LogP contribution in [0.5, 0.6) is 5.75 Å². The molecule has 2 aromatic rings. The van der Waals surface area contributed by atoms with Gasteiger partial charge in [-0.3, -0.25) is 14.6 Å². The SMILES string of the molecule is CCN(CC)C(=O)C1(NC(=O)/C=C/c2ccc(OCc3ccccn3)cc2)CCCCC1. The first kappa shape index (κ1) is 23.5. The standard InChI is InChI=1S/C26H33N3O3/c1-3-29(4-2)25(31)26(17-7-5-8-18-26)28-24(30)16-13-21-11-14-23(15-12-21)32-20-22-10-6-9-19-27-22/h6,9-16,19H,3-5,7-8,17-18,20H2,1-2H3,(H,28,30)/b16-13+. The van der Waals surface area contributed by atoms with E-state index in [1.165, 1.54) is 6.08 Å². The van der Waals surface area contributed by atoms with Crippen LogP contribution in [0.15, 0.2) is 54.7 Å². The predicted octanol–water partition coefficient (Wildman–Crippen LogP) is 4.36. The highest BCUT2D eigenvalue weighted by atomic mass is 16.5. The highest BCUT2D eigenvalue weighted by molar-refractivity contribution is 5.97. The molecule has 3 rings (SSSR count). The lowest BCUT2D eigenvalue weighted by Gasteiger charge is -2.39. The zero-order valence-corrected chi connectivity index (χ0v) is 19.0. The number of benzene rings is 1. The molecule has 1 aromatic carbocycles. The molecule has 1 saturated carbocycles.